The molecule has 0 aliphatic carbocycles. The van der Waals surface area contributed by atoms with Crippen LogP contribution in [0.2, 0.25) is 0 Å². The maximum atomic E-state index is 12.0. The molecule has 0 saturated carbocycles. The van der Waals surface area contributed by atoms with Crippen LogP contribution >= 0.6 is 0 Å². The van der Waals surface area contributed by atoms with Gasteiger partial charge in [-0.25, -0.2) is 4.79 Å². The highest BCUT2D eigenvalue weighted by atomic mass is 16.5. The monoisotopic (exact) mass is 364 g/mol. The Hall–Kier alpha value is -2.49. The van der Waals surface area contributed by atoms with Crippen LogP contribution in [0.1, 0.15) is 42.9 Å². The van der Waals surface area contributed by atoms with E-state index in [9.17, 15) is 4.79 Å². The predicted octanol–water partition coefficient (Wildman–Crippen LogP) is 4.89. The molecule has 0 bridgehead atoms. The number of aryl methyl sites for hydroxylation is 2. The van der Waals surface area contributed by atoms with E-state index in [1.165, 1.54) is 28.1 Å². The van der Waals surface area contributed by atoms with Gasteiger partial charge in [-0.15, -0.1) is 0 Å². The van der Waals surface area contributed by atoms with Crippen LogP contribution in [0.4, 0.5) is 16.2 Å². The third kappa shape index (κ3) is 3.07. The number of fused-ring (bicyclic) bond motifs is 2. The molecule has 0 saturated heterocycles. The molecule has 2 aliphatic rings. The van der Waals surface area contributed by atoms with E-state index < -0.39 is 0 Å². The summed E-state index contributed by atoms with van der Waals surface area (Å²) in [5.41, 5.74) is 7.03. The van der Waals surface area contributed by atoms with Crippen LogP contribution in [0, 0.1) is 0 Å². The van der Waals surface area contributed by atoms with E-state index in [1.54, 1.807) is 4.90 Å². The summed E-state index contributed by atoms with van der Waals surface area (Å²) in [5.74, 6) is 0.432. The molecular formula is C23H28N2O2. The Morgan fingerprint density at radius 2 is 1.89 bits per heavy atom. The van der Waals surface area contributed by atoms with Crippen LogP contribution in [0.5, 0.6) is 0 Å². The lowest BCUT2D eigenvalue weighted by Crippen LogP contribution is -2.36. The number of amides is 1. The van der Waals surface area contributed by atoms with Crippen molar-refractivity contribution in [3.63, 3.8) is 0 Å². The Balaban J connectivity index is 1.68. The number of anilines is 2. The summed E-state index contributed by atoms with van der Waals surface area (Å²) >= 11 is 0. The van der Waals surface area contributed by atoms with Gasteiger partial charge in [-0.05, 0) is 48.9 Å². The largest absolute Gasteiger partial charge is 0.450 e. The first-order valence-corrected chi connectivity index (χ1v) is 9.98. The van der Waals surface area contributed by atoms with Crippen LogP contribution in [-0.4, -0.2) is 37.2 Å². The van der Waals surface area contributed by atoms with Crippen LogP contribution in [0.25, 0.3) is 0 Å². The van der Waals surface area contributed by atoms with E-state index >= 15 is 0 Å². The van der Waals surface area contributed by atoms with Gasteiger partial charge < -0.3 is 14.5 Å². The molecule has 2 unspecified atom stereocenters. The van der Waals surface area contributed by atoms with Gasteiger partial charge in [0.25, 0.3) is 0 Å². The molecule has 142 valence electrons. The Kier molecular flexibility index (Phi) is 4.81. The fraction of sp³-hybridized carbons (Fsp3) is 0.435. The summed E-state index contributed by atoms with van der Waals surface area (Å²) in [6.45, 7) is 5.27. The van der Waals surface area contributed by atoms with Gasteiger partial charge in [-0.3, -0.25) is 0 Å². The number of carbonyl (C=O) groups excluding carboxylic acids is 1. The quantitative estimate of drug-likeness (QED) is 0.774. The smallest absolute Gasteiger partial charge is 0.409 e. The topological polar surface area (TPSA) is 32.8 Å². The average molecular weight is 364 g/mol. The van der Waals surface area contributed by atoms with Gasteiger partial charge >= 0.3 is 6.09 Å². The lowest BCUT2D eigenvalue weighted by molar-refractivity contribution is 0.115. The van der Waals surface area contributed by atoms with E-state index in [4.69, 9.17) is 4.74 Å². The molecule has 2 atom stereocenters. The van der Waals surface area contributed by atoms with Crippen molar-refractivity contribution in [1.29, 1.82) is 0 Å². The van der Waals surface area contributed by atoms with E-state index in [0.29, 0.717) is 25.1 Å². The van der Waals surface area contributed by atoms with Gasteiger partial charge in [0.15, 0.2) is 0 Å². The third-order valence-corrected chi connectivity index (χ3v) is 6.05. The molecule has 1 amide bonds. The lowest BCUT2D eigenvalue weighted by atomic mass is 9.92. The Labute approximate surface area is 161 Å². The fourth-order valence-corrected chi connectivity index (χ4v) is 4.63. The number of carbonyl (C=O) groups is 1. The molecule has 0 radical (unpaired) electrons. The van der Waals surface area contributed by atoms with Crippen LogP contribution in [0.3, 0.4) is 0 Å². The standard InChI is InChI=1S/C23H28N2O2/c1-4-27-23(26)24(3)15-14-20-16(2)19-10-7-9-18-13-12-17-8-5-6-11-21(17)25(20)22(18)19/h5-11,16,20H,4,12-15H2,1-3H3. The van der Waals surface area contributed by atoms with Crippen molar-refractivity contribution in [3.05, 3.63) is 59.2 Å². The highest BCUT2D eigenvalue weighted by Gasteiger charge is 2.39. The first-order chi connectivity index (χ1) is 13.1. The molecule has 4 nitrogen and oxygen atoms in total. The fourth-order valence-electron chi connectivity index (χ4n) is 4.63. The van der Waals surface area contributed by atoms with Crippen molar-refractivity contribution in [2.75, 3.05) is 25.1 Å². The van der Waals surface area contributed by atoms with Crippen LogP contribution < -0.4 is 4.90 Å². The Bertz CT molecular complexity index is 848. The summed E-state index contributed by atoms with van der Waals surface area (Å²) in [4.78, 5) is 16.3. The zero-order valence-electron chi connectivity index (χ0n) is 16.4. The second-order valence-corrected chi connectivity index (χ2v) is 7.62. The summed E-state index contributed by atoms with van der Waals surface area (Å²) < 4.78 is 5.14. The van der Waals surface area contributed by atoms with Crippen molar-refractivity contribution in [1.82, 2.24) is 4.90 Å². The van der Waals surface area contributed by atoms with Gasteiger partial charge in [0.05, 0.1) is 6.61 Å². The van der Waals surface area contributed by atoms with Crippen molar-refractivity contribution in [3.8, 4) is 0 Å². The molecule has 4 rings (SSSR count). The molecule has 27 heavy (non-hydrogen) atoms. The van der Waals surface area contributed by atoms with Crippen LogP contribution in [0.15, 0.2) is 42.5 Å². The molecule has 0 spiro atoms. The number of para-hydroxylation sites is 2. The zero-order chi connectivity index (χ0) is 19.0. The van der Waals surface area contributed by atoms with Crippen LogP contribution in [-0.2, 0) is 17.6 Å². The summed E-state index contributed by atoms with van der Waals surface area (Å²) in [6, 6.07) is 15.9. The molecule has 0 fully saturated rings. The number of ether oxygens (including phenoxy) is 1. The highest BCUT2D eigenvalue weighted by Crippen LogP contribution is 2.50. The van der Waals surface area contributed by atoms with Crippen molar-refractivity contribution in [2.45, 2.75) is 45.1 Å². The van der Waals surface area contributed by atoms with E-state index in [0.717, 1.165) is 19.3 Å². The normalized spacial score (nSPS) is 19.9. The third-order valence-electron chi connectivity index (χ3n) is 6.05. The number of hydrogen-bond acceptors (Lipinski definition) is 3. The molecule has 2 aliphatic heterocycles. The van der Waals surface area contributed by atoms with Gasteiger partial charge in [-0.2, -0.15) is 0 Å². The summed E-state index contributed by atoms with van der Waals surface area (Å²) in [6.07, 6.45) is 2.84. The molecule has 0 aromatic heterocycles. The second-order valence-electron chi connectivity index (χ2n) is 7.62. The summed E-state index contributed by atoms with van der Waals surface area (Å²) in [5, 5.41) is 0. The molecule has 2 aromatic rings. The van der Waals surface area contributed by atoms with E-state index in [2.05, 4.69) is 54.3 Å². The second kappa shape index (κ2) is 7.26. The van der Waals surface area contributed by atoms with Gasteiger partial charge in [-0.1, -0.05) is 43.3 Å². The van der Waals surface area contributed by atoms with Gasteiger partial charge in [0, 0.05) is 36.9 Å². The Morgan fingerprint density at radius 3 is 2.70 bits per heavy atom. The number of rotatable bonds is 4. The lowest BCUT2D eigenvalue weighted by Gasteiger charge is -2.32. The van der Waals surface area contributed by atoms with Gasteiger partial charge in [0.1, 0.15) is 0 Å². The van der Waals surface area contributed by atoms with E-state index in [1.807, 2.05) is 14.0 Å². The minimum absolute atomic E-state index is 0.238. The first kappa shape index (κ1) is 17.9. The molecular weight excluding hydrogens is 336 g/mol. The van der Waals surface area contributed by atoms with E-state index in [-0.39, 0.29) is 6.09 Å². The predicted molar refractivity (Wildman–Crippen MR) is 109 cm³/mol. The van der Waals surface area contributed by atoms with Crippen molar-refractivity contribution < 1.29 is 9.53 Å². The maximum Gasteiger partial charge on any atom is 0.409 e. The molecule has 2 aromatic carbocycles. The molecule has 0 N–H and O–H groups in total. The maximum absolute atomic E-state index is 12.0. The molecule has 2 heterocycles. The minimum atomic E-state index is -0.238. The SMILES string of the molecule is CCOC(=O)N(C)CCC1C(C)c2cccc3c2N1c1ccccc1CC3. The number of hydrogen-bond donors (Lipinski definition) is 0. The zero-order valence-corrected chi connectivity index (χ0v) is 16.4. The summed E-state index contributed by atoms with van der Waals surface area (Å²) in [7, 11) is 1.83. The van der Waals surface area contributed by atoms with Crippen molar-refractivity contribution in [2.24, 2.45) is 0 Å². The van der Waals surface area contributed by atoms with Gasteiger partial charge in [0.2, 0.25) is 0 Å². The van der Waals surface area contributed by atoms with Crippen molar-refractivity contribution >= 4 is 17.5 Å². The average Bonchev–Trinajstić information content (AvgIpc) is 2.86. The number of nitrogens with zero attached hydrogens (tertiary/aromatic N) is 2. The number of benzene rings is 2. The highest BCUT2D eigenvalue weighted by molar-refractivity contribution is 5.78. The Morgan fingerprint density at radius 1 is 1.15 bits per heavy atom. The minimum Gasteiger partial charge on any atom is -0.450 e. The first-order valence-electron chi connectivity index (χ1n) is 9.98. The molecule has 4 heteroatoms.